The largest absolute Gasteiger partial charge is 0.394 e. The van der Waals surface area contributed by atoms with Crippen LogP contribution in [0.1, 0.15) is 6.92 Å². The second kappa shape index (κ2) is 7.66. The fourth-order valence-corrected chi connectivity index (χ4v) is 2.78. The third-order valence-corrected chi connectivity index (χ3v) is 4.24. The Hall–Kier alpha value is -0.400. The lowest BCUT2D eigenvalue weighted by Gasteiger charge is -2.45. The monoisotopic (exact) mass is 340 g/mol. The van der Waals surface area contributed by atoms with Crippen molar-refractivity contribution in [1.82, 2.24) is 0 Å². The maximum atomic E-state index is 10.1. The minimum Gasteiger partial charge on any atom is -0.394 e. The summed E-state index contributed by atoms with van der Waals surface area (Å²) < 4.78 is 15.9. The Morgan fingerprint density at radius 1 is 0.739 bits per heavy atom. The van der Waals surface area contributed by atoms with E-state index in [0.29, 0.717) is 0 Å². The molecule has 2 heterocycles. The van der Waals surface area contributed by atoms with Crippen molar-refractivity contribution in [2.45, 2.75) is 68.1 Å². The van der Waals surface area contributed by atoms with Gasteiger partial charge in [-0.05, 0) is 6.92 Å². The molecule has 10 atom stereocenters. The lowest BCUT2D eigenvalue weighted by atomic mass is 9.95. The van der Waals surface area contributed by atoms with Crippen molar-refractivity contribution >= 4 is 0 Å². The summed E-state index contributed by atoms with van der Waals surface area (Å²) in [5, 5.41) is 67.8. The first-order valence-electron chi connectivity index (χ1n) is 7.40. The number of ether oxygens (including phenoxy) is 3. The van der Waals surface area contributed by atoms with Crippen LogP contribution in [0, 0.1) is 0 Å². The number of aliphatic hydroxyl groups excluding tert-OH is 7. The van der Waals surface area contributed by atoms with E-state index in [1.165, 1.54) is 6.92 Å². The van der Waals surface area contributed by atoms with Gasteiger partial charge in [-0.1, -0.05) is 0 Å². The van der Waals surface area contributed by atoms with E-state index in [2.05, 4.69) is 0 Å². The second-order valence-corrected chi connectivity index (χ2v) is 5.84. The summed E-state index contributed by atoms with van der Waals surface area (Å²) in [5.41, 5.74) is 0. The van der Waals surface area contributed by atoms with Gasteiger partial charge in [0.1, 0.15) is 48.8 Å². The van der Waals surface area contributed by atoms with Crippen molar-refractivity contribution in [3.63, 3.8) is 0 Å². The van der Waals surface area contributed by atoms with E-state index in [1.54, 1.807) is 0 Å². The van der Waals surface area contributed by atoms with Gasteiger partial charge in [-0.3, -0.25) is 0 Å². The van der Waals surface area contributed by atoms with E-state index in [9.17, 15) is 30.6 Å². The van der Waals surface area contributed by atoms with Gasteiger partial charge in [-0.2, -0.15) is 0 Å². The van der Waals surface area contributed by atoms with Crippen LogP contribution in [0.2, 0.25) is 0 Å². The summed E-state index contributed by atoms with van der Waals surface area (Å²) in [6.07, 6.45) is -13.2. The van der Waals surface area contributed by atoms with Crippen molar-refractivity contribution in [2.75, 3.05) is 13.2 Å². The first-order chi connectivity index (χ1) is 10.8. The highest BCUT2D eigenvalue weighted by Gasteiger charge is 2.49. The number of rotatable bonds is 4. The zero-order chi connectivity index (χ0) is 17.3. The molecule has 2 aliphatic rings. The smallest absolute Gasteiger partial charge is 0.187 e. The Morgan fingerprint density at radius 2 is 1.35 bits per heavy atom. The van der Waals surface area contributed by atoms with Crippen molar-refractivity contribution in [3.8, 4) is 0 Å². The predicted molar refractivity (Wildman–Crippen MR) is 72.1 cm³/mol. The fourth-order valence-electron chi connectivity index (χ4n) is 2.78. The topological polar surface area (TPSA) is 169 Å². The molecular weight excluding hydrogens is 316 g/mol. The van der Waals surface area contributed by atoms with Crippen molar-refractivity contribution < 1.29 is 50.0 Å². The zero-order valence-electron chi connectivity index (χ0n) is 12.5. The third kappa shape index (κ3) is 3.66. The molecule has 7 N–H and O–H groups in total. The predicted octanol–water partition coefficient (Wildman–Crippen LogP) is -4.33. The van der Waals surface area contributed by atoms with E-state index in [0.717, 1.165) is 0 Å². The molecule has 0 aliphatic carbocycles. The Morgan fingerprint density at radius 3 is 1.91 bits per heavy atom. The van der Waals surface area contributed by atoms with E-state index in [-0.39, 0.29) is 0 Å². The SMILES string of the molecule is CC1OC(CO)[C@@H](O[C@@H]2OC(CO)[C@H](O)C(O)C2O)C(O)C1O. The van der Waals surface area contributed by atoms with Crippen LogP contribution >= 0.6 is 0 Å². The molecule has 10 heteroatoms. The van der Waals surface area contributed by atoms with Crippen LogP contribution in [0.5, 0.6) is 0 Å². The van der Waals surface area contributed by atoms with Gasteiger partial charge in [0.25, 0.3) is 0 Å². The summed E-state index contributed by atoms with van der Waals surface area (Å²) in [6, 6.07) is 0. The van der Waals surface area contributed by atoms with Gasteiger partial charge in [0.05, 0.1) is 19.3 Å². The normalized spacial score (nSPS) is 51.7. The van der Waals surface area contributed by atoms with Crippen LogP contribution in [0.4, 0.5) is 0 Å². The van der Waals surface area contributed by atoms with Crippen molar-refractivity contribution in [2.24, 2.45) is 0 Å². The zero-order valence-corrected chi connectivity index (χ0v) is 12.5. The highest BCUT2D eigenvalue weighted by Crippen LogP contribution is 2.28. The van der Waals surface area contributed by atoms with Crippen LogP contribution < -0.4 is 0 Å². The van der Waals surface area contributed by atoms with E-state index in [1.807, 2.05) is 0 Å². The highest BCUT2D eigenvalue weighted by atomic mass is 16.7. The van der Waals surface area contributed by atoms with Gasteiger partial charge < -0.3 is 50.0 Å². The Balaban J connectivity index is 2.11. The van der Waals surface area contributed by atoms with Gasteiger partial charge >= 0.3 is 0 Å². The number of hydrogen-bond acceptors (Lipinski definition) is 10. The molecule has 2 aliphatic heterocycles. The molecule has 0 bridgehead atoms. The summed E-state index contributed by atoms with van der Waals surface area (Å²) in [7, 11) is 0. The molecule has 0 spiro atoms. The number of hydrogen-bond donors (Lipinski definition) is 7. The molecule has 23 heavy (non-hydrogen) atoms. The molecule has 0 saturated carbocycles. The average Bonchev–Trinajstić information content (AvgIpc) is 2.55. The molecule has 0 aromatic rings. The minimum atomic E-state index is -1.66. The van der Waals surface area contributed by atoms with Crippen LogP contribution in [0.15, 0.2) is 0 Å². The van der Waals surface area contributed by atoms with Gasteiger partial charge in [0.15, 0.2) is 6.29 Å². The van der Waals surface area contributed by atoms with Gasteiger partial charge in [0.2, 0.25) is 0 Å². The van der Waals surface area contributed by atoms with Gasteiger partial charge in [0, 0.05) is 0 Å². The Kier molecular flexibility index (Phi) is 6.30. The molecular formula is C13H24O10. The Labute approximate surface area is 132 Å². The summed E-state index contributed by atoms with van der Waals surface area (Å²) in [5.74, 6) is 0. The minimum absolute atomic E-state index is 0.518. The molecule has 136 valence electrons. The maximum Gasteiger partial charge on any atom is 0.187 e. The molecule has 2 fully saturated rings. The molecule has 10 nitrogen and oxygen atoms in total. The summed E-state index contributed by atoms with van der Waals surface area (Å²) >= 11 is 0. The van der Waals surface area contributed by atoms with E-state index >= 15 is 0 Å². The van der Waals surface area contributed by atoms with Gasteiger partial charge in [-0.25, -0.2) is 0 Å². The van der Waals surface area contributed by atoms with Crippen LogP contribution in [0.3, 0.4) is 0 Å². The molecule has 7 unspecified atom stereocenters. The highest BCUT2D eigenvalue weighted by molar-refractivity contribution is 4.94. The molecule has 2 rings (SSSR count). The fraction of sp³-hybridized carbons (Fsp3) is 1.00. The molecule has 0 aromatic carbocycles. The van der Waals surface area contributed by atoms with E-state index in [4.69, 9.17) is 19.3 Å². The molecule has 0 aromatic heterocycles. The third-order valence-electron chi connectivity index (χ3n) is 4.24. The first-order valence-corrected chi connectivity index (χ1v) is 7.40. The lowest BCUT2D eigenvalue weighted by Crippen LogP contribution is -2.64. The lowest BCUT2D eigenvalue weighted by molar-refractivity contribution is -0.341. The Bertz CT molecular complexity index is 378. The first kappa shape index (κ1) is 18.9. The second-order valence-electron chi connectivity index (χ2n) is 5.84. The molecule has 0 radical (unpaired) electrons. The maximum absolute atomic E-state index is 10.1. The van der Waals surface area contributed by atoms with Crippen molar-refractivity contribution in [3.05, 3.63) is 0 Å². The van der Waals surface area contributed by atoms with Crippen LogP contribution in [0.25, 0.3) is 0 Å². The van der Waals surface area contributed by atoms with Gasteiger partial charge in [-0.15, -0.1) is 0 Å². The summed E-state index contributed by atoms with van der Waals surface area (Å²) in [4.78, 5) is 0. The summed E-state index contributed by atoms with van der Waals surface area (Å²) in [6.45, 7) is 0.369. The quantitative estimate of drug-likeness (QED) is 0.265. The molecule has 2 saturated heterocycles. The van der Waals surface area contributed by atoms with Crippen LogP contribution in [-0.2, 0) is 14.2 Å². The van der Waals surface area contributed by atoms with Crippen molar-refractivity contribution in [1.29, 1.82) is 0 Å². The van der Waals surface area contributed by atoms with E-state index < -0.39 is 74.4 Å². The standard InChI is InChI=1S/C13H24O10/c1-4-7(16)10(19)12(6(3-15)21-4)23-13-11(20)9(18)8(17)5(2-14)22-13/h4-20H,2-3H2,1H3/t4?,5?,6?,7?,8-,9?,10?,11?,12+,13-/m0/s1. The molecule has 0 amide bonds. The average molecular weight is 340 g/mol. The van der Waals surface area contributed by atoms with Crippen LogP contribution in [-0.4, -0.2) is 110 Å². The number of aliphatic hydroxyl groups is 7.